The molecule has 0 aliphatic carbocycles. The van der Waals surface area contributed by atoms with Crippen molar-refractivity contribution in [3.63, 3.8) is 0 Å². The summed E-state index contributed by atoms with van der Waals surface area (Å²) in [5, 5.41) is 27.7. The van der Waals surface area contributed by atoms with E-state index in [0.29, 0.717) is 30.5 Å². The number of anilines is 1. The number of nitrogens with zero attached hydrogens (tertiary/aromatic N) is 6. The van der Waals surface area contributed by atoms with Crippen molar-refractivity contribution in [3.8, 4) is 5.69 Å². The molecule has 10 nitrogen and oxygen atoms in total. The highest BCUT2D eigenvalue weighted by atomic mass is 16.6. The van der Waals surface area contributed by atoms with Crippen LogP contribution in [-0.2, 0) is 0 Å². The van der Waals surface area contributed by atoms with Gasteiger partial charge in [-0.05, 0) is 26.1 Å². The highest BCUT2D eigenvalue weighted by molar-refractivity contribution is 5.84. The minimum Gasteiger partial charge on any atom is -0.476 e. The molecule has 1 aromatic carbocycles. The molecule has 1 saturated heterocycles. The van der Waals surface area contributed by atoms with Crippen molar-refractivity contribution in [2.24, 2.45) is 0 Å². The highest BCUT2D eigenvalue weighted by Gasteiger charge is 2.26. The van der Waals surface area contributed by atoms with Crippen molar-refractivity contribution in [2.75, 3.05) is 31.6 Å². The molecular weight excluding hydrogens is 328 g/mol. The minimum absolute atomic E-state index is 0.0402. The van der Waals surface area contributed by atoms with Gasteiger partial charge in [-0.15, -0.1) is 5.10 Å². The van der Waals surface area contributed by atoms with Crippen molar-refractivity contribution in [1.29, 1.82) is 0 Å². The Morgan fingerprint density at radius 2 is 2.16 bits per heavy atom. The Bertz CT molecular complexity index is 820. The summed E-state index contributed by atoms with van der Waals surface area (Å²) in [6.07, 6.45) is 1.22. The first-order valence-electron chi connectivity index (χ1n) is 7.76. The molecule has 1 fully saturated rings. The molecule has 1 aliphatic heterocycles. The Morgan fingerprint density at radius 1 is 1.40 bits per heavy atom. The van der Waals surface area contributed by atoms with E-state index in [1.54, 1.807) is 12.1 Å². The van der Waals surface area contributed by atoms with E-state index in [4.69, 9.17) is 5.11 Å². The van der Waals surface area contributed by atoms with Crippen molar-refractivity contribution >= 4 is 17.3 Å². The molecule has 0 bridgehead atoms. The van der Waals surface area contributed by atoms with E-state index < -0.39 is 10.9 Å². The van der Waals surface area contributed by atoms with Gasteiger partial charge in [0.2, 0.25) is 0 Å². The quantitative estimate of drug-likeness (QED) is 0.644. The summed E-state index contributed by atoms with van der Waals surface area (Å²) in [6.45, 7) is 4.30. The van der Waals surface area contributed by atoms with E-state index in [9.17, 15) is 14.9 Å². The van der Waals surface area contributed by atoms with Crippen LogP contribution >= 0.6 is 0 Å². The number of nitro benzene ring substituents is 1. The van der Waals surface area contributed by atoms with Gasteiger partial charge in [-0.3, -0.25) is 10.1 Å². The van der Waals surface area contributed by atoms with Gasteiger partial charge >= 0.3 is 5.97 Å². The summed E-state index contributed by atoms with van der Waals surface area (Å²) in [4.78, 5) is 26.2. The van der Waals surface area contributed by atoms with Gasteiger partial charge in [0.15, 0.2) is 5.69 Å². The van der Waals surface area contributed by atoms with Crippen molar-refractivity contribution in [2.45, 2.75) is 13.0 Å². The first kappa shape index (κ1) is 16.8. The summed E-state index contributed by atoms with van der Waals surface area (Å²) in [7, 11) is 2.03. The fraction of sp³-hybridized carbons (Fsp3) is 0.400. The third-order valence-corrected chi connectivity index (χ3v) is 4.43. The molecule has 0 radical (unpaired) electrons. The molecule has 3 rings (SSSR count). The SMILES string of the molecule is C[C@H]1CN(c2ccc(-n3cc(C(=O)O)nn3)cc2[N+](=O)[O-])CCN1C. The molecule has 0 unspecified atom stereocenters. The van der Waals surface area contributed by atoms with Crippen molar-refractivity contribution in [1.82, 2.24) is 19.9 Å². The van der Waals surface area contributed by atoms with Gasteiger partial charge in [0.05, 0.1) is 16.8 Å². The Labute approximate surface area is 143 Å². The van der Waals surface area contributed by atoms with Crippen LogP contribution in [0.1, 0.15) is 17.4 Å². The smallest absolute Gasteiger partial charge is 0.358 e. The second-order valence-electron chi connectivity index (χ2n) is 6.06. The average Bonchev–Trinajstić information content (AvgIpc) is 3.07. The molecular formula is C15H18N6O4. The van der Waals surface area contributed by atoms with Gasteiger partial charge in [0, 0.05) is 31.7 Å². The van der Waals surface area contributed by atoms with E-state index >= 15 is 0 Å². The number of carboxylic acids is 1. The maximum atomic E-state index is 11.5. The van der Waals surface area contributed by atoms with E-state index in [1.165, 1.54) is 16.9 Å². The Kier molecular flexibility index (Phi) is 4.36. The second kappa shape index (κ2) is 6.48. The van der Waals surface area contributed by atoms with Gasteiger partial charge in [-0.25, -0.2) is 9.48 Å². The summed E-state index contributed by atoms with van der Waals surface area (Å²) >= 11 is 0. The number of carboxylic acid groups (broad SMARTS) is 1. The van der Waals surface area contributed by atoms with Crippen LogP contribution in [0.3, 0.4) is 0 Å². The molecule has 2 heterocycles. The van der Waals surface area contributed by atoms with E-state index in [2.05, 4.69) is 22.1 Å². The maximum absolute atomic E-state index is 11.5. The summed E-state index contributed by atoms with van der Waals surface area (Å²) in [5.74, 6) is -1.20. The van der Waals surface area contributed by atoms with Gasteiger partial charge in [0.1, 0.15) is 5.69 Å². The molecule has 10 heteroatoms. The number of nitro groups is 1. The van der Waals surface area contributed by atoms with Crippen LogP contribution in [0.2, 0.25) is 0 Å². The molecule has 2 aromatic rings. The zero-order valence-electron chi connectivity index (χ0n) is 13.9. The van der Waals surface area contributed by atoms with Crippen LogP contribution in [-0.4, -0.2) is 68.6 Å². The highest BCUT2D eigenvalue weighted by Crippen LogP contribution is 2.31. The number of aromatic nitrogens is 3. The molecule has 0 spiro atoms. The predicted octanol–water partition coefficient (Wildman–Crippen LogP) is 1.01. The average molecular weight is 346 g/mol. The lowest BCUT2D eigenvalue weighted by Crippen LogP contribution is -2.50. The standard InChI is InChI=1S/C15H18N6O4/c1-10-8-19(6-5-18(10)2)13-4-3-11(7-14(13)21(24)25)20-9-12(15(22)23)16-17-20/h3-4,7,9-10H,5-6,8H2,1-2H3,(H,22,23)/t10-/m0/s1. The second-order valence-corrected chi connectivity index (χ2v) is 6.06. The number of hydrogen-bond donors (Lipinski definition) is 1. The number of piperazine rings is 1. The van der Waals surface area contributed by atoms with Crippen LogP contribution in [0.5, 0.6) is 0 Å². The predicted molar refractivity (Wildman–Crippen MR) is 89.3 cm³/mol. The normalized spacial score (nSPS) is 18.3. The number of hydrogen-bond acceptors (Lipinski definition) is 7. The molecule has 0 saturated carbocycles. The number of likely N-dealkylation sites (N-methyl/N-ethyl adjacent to an activating group) is 1. The lowest BCUT2D eigenvalue weighted by Gasteiger charge is -2.38. The van der Waals surface area contributed by atoms with E-state index in [1.807, 2.05) is 11.9 Å². The largest absolute Gasteiger partial charge is 0.476 e. The van der Waals surface area contributed by atoms with Gasteiger partial charge < -0.3 is 14.9 Å². The molecule has 1 N–H and O–H groups in total. The van der Waals surface area contributed by atoms with Gasteiger partial charge in [-0.1, -0.05) is 5.21 Å². The zero-order chi connectivity index (χ0) is 18.1. The van der Waals surface area contributed by atoms with Crippen LogP contribution < -0.4 is 4.90 Å². The maximum Gasteiger partial charge on any atom is 0.358 e. The third kappa shape index (κ3) is 3.29. The Morgan fingerprint density at radius 3 is 2.76 bits per heavy atom. The first-order chi connectivity index (χ1) is 11.9. The summed E-state index contributed by atoms with van der Waals surface area (Å²) < 4.78 is 1.22. The fourth-order valence-electron chi connectivity index (χ4n) is 2.82. The number of benzene rings is 1. The first-order valence-corrected chi connectivity index (χ1v) is 7.76. The summed E-state index contributed by atoms with van der Waals surface area (Å²) in [5.41, 5.74) is 0.672. The molecule has 132 valence electrons. The van der Waals surface area contributed by atoms with E-state index in [-0.39, 0.29) is 11.4 Å². The molecule has 1 atom stereocenters. The zero-order valence-corrected chi connectivity index (χ0v) is 13.9. The molecule has 0 amide bonds. The van der Waals surface area contributed by atoms with Crippen molar-refractivity contribution < 1.29 is 14.8 Å². The Hall–Kier alpha value is -3.01. The van der Waals surface area contributed by atoms with Gasteiger partial charge in [-0.2, -0.15) is 0 Å². The Balaban J connectivity index is 1.95. The lowest BCUT2D eigenvalue weighted by atomic mass is 10.1. The number of carbonyl (C=O) groups is 1. The van der Waals surface area contributed by atoms with Crippen LogP contribution in [0.25, 0.3) is 5.69 Å². The molecule has 1 aromatic heterocycles. The fourth-order valence-corrected chi connectivity index (χ4v) is 2.82. The number of aromatic carboxylic acids is 1. The topological polar surface area (TPSA) is 118 Å². The van der Waals surface area contributed by atoms with Crippen LogP contribution in [0.15, 0.2) is 24.4 Å². The third-order valence-electron chi connectivity index (χ3n) is 4.43. The van der Waals surface area contributed by atoms with Gasteiger partial charge in [0.25, 0.3) is 5.69 Å². The summed E-state index contributed by atoms with van der Waals surface area (Å²) in [6, 6.07) is 5.03. The minimum atomic E-state index is -1.20. The number of rotatable bonds is 4. The van der Waals surface area contributed by atoms with Crippen molar-refractivity contribution in [3.05, 3.63) is 40.2 Å². The molecule has 25 heavy (non-hydrogen) atoms. The lowest BCUT2D eigenvalue weighted by molar-refractivity contribution is -0.384. The van der Waals surface area contributed by atoms with E-state index in [0.717, 1.165) is 6.54 Å². The van der Waals surface area contributed by atoms with Crippen LogP contribution in [0.4, 0.5) is 11.4 Å². The monoisotopic (exact) mass is 346 g/mol. The molecule has 1 aliphatic rings. The van der Waals surface area contributed by atoms with Crippen LogP contribution in [0, 0.1) is 10.1 Å².